The average Bonchev–Trinajstić information content (AvgIpc) is 3.24. The Kier molecular flexibility index (Phi) is 5.76. The van der Waals surface area contributed by atoms with E-state index in [-0.39, 0.29) is 11.5 Å². The van der Waals surface area contributed by atoms with Gasteiger partial charge in [0.25, 0.3) is 0 Å². The standard InChI is InChI=1S/C21H30N2O4S/c24-20(22-11-4-5-12-22)16-18-8-15-27-21(17-18)9-13-23(14-10-21)28(25,26)19-6-2-1-3-7-19/h1-3,6-7,18H,4-5,8-17H2. The van der Waals surface area contributed by atoms with Gasteiger partial charge in [-0.1, -0.05) is 18.2 Å². The van der Waals surface area contributed by atoms with Crippen molar-refractivity contribution in [1.82, 2.24) is 9.21 Å². The molecule has 0 N–H and O–H groups in total. The largest absolute Gasteiger partial charge is 0.375 e. The Morgan fingerprint density at radius 1 is 1.07 bits per heavy atom. The Morgan fingerprint density at radius 3 is 2.43 bits per heavy atom. The van der Waals surface area contributed by atoms with Crippen LogP contribution in [0.2, 0.25) is 0 Å². The molecule has 1 spiro atoms. The summed E-state index contributed by atoms with van der Waals surface area (Å²) in [4.78, 5) is 14.9. The Balaban J connectivity index is 1.36. The topological polar surface area (TPSA) is 66.9 Å². The summed E-state index contributed by atoms with van der Waals surface area (Å²) in [6.45, 7) is 3.43. The van der Waals surface area contributed by atoms with E-state index in [0.717, 1.165) is 38.8 Å². The molecule has 1 unspecified atom stereocenters. The molecule has 1 aromatic carbocycles. The normalized spacial score (nSPS) is 25.9. The molecular formula is C21H30N2O4S. The lowest BCUT2D eigenvalue weighted by Crippen LogP contribution is -2.51. The van der Waals surface area contributed by atoms with Crippen LogP contribution in [-0.4, -0.2) is 61.9 Å². The van der Waals surface area contributed by atoms with Gasteiger partial charge in [-0.3, -0.25) is 4.79 Å². The zero-order valence-corrected chi connectivity index (χ0v) is 17.2. The van der Waals surface area contributed by atoms with E-state index in [9.17, 15) is 13.2 Å². The third kappa shape index (κ3) is 4.11. The third-order valence-corrected chi connectivity index (χ3v) is 8.44. The number of likely N-dealkylation sites (tertiary alicyclic amines) is 1. The number of carbonyl (C=O) groups excluding carboxylic acids is 1. The van der Waals surface area contributed by atoms with Crippen LogP contribution >= 0.6 is 0 Å². The van der Waals surface area contributed by atoms with Crippen molar-refractivity contribution in [3.63, 3.8) is 0 Å². The third-order valence-electron chi connectivity index (χ3n) is 6.53. The molecule has 0 saturated carbocycles. The lowest BCUT2D eigenvalue weighted by Gasteiger charge is -2.46. The summed E-state index contributed by atoms with van der Waals surface area (Å²) in [5.74, 6) is 0.628. The Morgan fingerprint density at radius 2 is 1.75 bits per heavy atom. The van der Waals surface area contributed by atoms with Gasteiger partial charge in [0.15, 0.2) is 0 Å². The van der Waals surface area contributed by atoms with E-state index < -0.39 is 10.0 Å². The summed E-state index contributed by atoms with van der Waals surface area (Å²) >= 11 is 0. The molecule has 0 aliphatic carbocycles. The number of hydrogen-bond donors (Lipinski definition) is 0. The lowest BCUT2D eigenvalue weighted by molar-refractivity contribution is -0.139. The van der Waals surface area contributed by atoms with E-state index in [2.05, 4.69) is 0 Å². The van der Waals surface area contributed by atoms with Crippen LogP contribution in [0.4, 0.5) is 0 Å². The molecule has 3 fully saturated rings. The molecule has 0 aromatic heterocycles. The molecule has 0 bridgehead atoms. The zero-order chi connectivity index (χ0) is 19.6. The highest BCUT2D eigenvalue weighted by Crippen LogP contribution is 2.40. The first-order chi connectivity index (χ1) is 13.5. The predicted molar refractivity (Wildman–Crippen MR) is 106 cm³/mol. The highest BCUT2D eigenvalue weighted by Gasteiger charge is 2.43. The van der Waals surface area contributed by atoms with Crippen LogP contribution in [-0.2, 0) is 19.6 Å². The van der Waals surface area contributed by atoms with Gasteiger partial charge in [-0.25, -0.2) is 8.42 Å². The van der Waals surface area contributed by atoms with Crippen molar-refractivity contribution in [3.8, 4) is 0 Å². The smallest absolute Gasteiger partial charge is 0.243 e. The first-order valence-electron chi connectivity index (χ1n) is 10.5. The summed E-state index contributed by atoms with van der Waals surface area (Å²) in [7, 11) is -3.44. The van der Waals surface area contributed by atoms with E-state index in [4.69, 9.17) is 4.74 Å². The van der Waals surface area contributed by atoms with Gasteiger partial charge >= 0.3 is 0 Å². The molecule has 6 nitrogen and oxygen atoms in total. The second kappa shape index (κ2) is 8.13. The van der Waals surface area contributed by atoms with Gasteiger partial charge < -0.3 is 9.64 Å². The van der Waals surface area contributed by atoms with E-state index in [1.54, 1.807) is 28.6 Å². The van der Waals surface area contributed by atoms with E-state index >= 15 is 0 Å². The average molecular weight is 407 g/mol. The number of carbonyl (C=O) groups is 1. The number of nitrogens with zero attached hydrogens (tertiary/aromatic N) is 2. The molecule has 154 valence electrons. The first-order valence-corrected chi connectivity index (χ1v) is 11.9. The van der Waals surface area contributed by atoms with Crippen LogP contribution in [0.25, 0.3) is 0 Å². The molecule has 3 aliphatic rings. The number of ether oxygens (including phenoxy) is 1. The van der Waals surface area contributed by atoms with Gasteiger partial charge in [0, 0.05) is 39.2 Å². The number of piperidine rings is 1. The summed E-state index contributed by atoms with van der Waals surface area (Å²) < 4.78 is 33.4. The number of hydrogen-bond acceptors (Lipinski definition) is 4. The summed E-state index contributed by atoms with van der Waals surface area (Å²) in [6.07, 6.45) is 6.04. The van der Waals surface area contributed by atoms with Crippen molar-refractivity contribution in [2.75, 3.05) is 32.8 Å². The van der Waals surface area contributed by atoms with Gasteiger partial charge in [-0.15, -0.1) is 0 Å². The highest BCUT2D eigenvalue weighted by molar-refractivity contribution is 7.89. The highest BCUT2D eigenvalue weighted by atomic mass is 32.2. The molecule has 0 radical (unpaired) electrons. The maximum Gasteiger partial charge on any atom is 0.243 e. The quantitative estimate of drug-likeness (QED) is 0.771. The maximum absolute atomic E-state index is 12.9. The maximum atomic E-state index is 12.9. The Hall–Kier alpha value is -1.44. The van der Waals surface area contributed by atoms with Gasteiger partial charge in [0.2, 0.25) is 15.9 Å². The second-order valence-electron chi connectivity index (χ2n) is 8.40. The number of sulfonamides is 1. The predicted octanol–water partition coefficient (Wildman–Crippen LogP) is 2.65. The molecule has 1 aromatic rings. The van der Waals surface area contributed by atoms with E-state index in [0.29, 0.717) is 49.8 Å². The molecule has 3 saturated heterocycles. The van der Waals surface area contributed by atoms with E-state index in [1.807, 2.05) is 11.0 Å². The molecule has 28 heavy (non-hydrogen) atoms. The van der Waals surface area contributed by atoms with Crippen molar-refractivity contribution in [2.24, 2.45) is 5.92 Å². The SMILES string of the molecule is O=C(CC1CCOC2(CCN(S(=O)(=O)c3ccccc3)CC2)C1)N1CCCC1. The molecule has 1 amide bonds. The van der Waals surface area contributed by atoms with Crippen molar-refractivity contribution in [2.45, 2.75) is 55.4 Å². The van der Waals surface area contributed by atoms with Crippen LogP contribution in [0.15, 0.2) is 35.2 Å². The number of benzene rings is 1. The molecular weight excluding hydrogens is 376 g/mol. The zero-order valence-electron chi connectivity index (χ0n) is 16.4. The fourth-order valence-electron chi connectivity index (χ4n) is 4.87. The van der Waals surface area contributed by atoms with Crippen LogP contribution in [0.3, 0.4) is 0 Å². The monoisotopic (exact) mass is 406 g/mol. The molecule has 3 heterocycles. The minimum atomic E-state index is -3.44. The summed E-state index contributed by atoms with van der Waals surface area (Å²) in [5, 5.41) is 0. The lowest BCUT2D eigenvalue weighted by atomic mass is 9.78. The van der Waals surface area contributed by atoms with Crippen molar-refractivity contribution < 1.29 is 17.9 Å². The summed E-state index contributed by atoms with van der Waals surface area (Å²) in [5.41, 5.74) is -0.267. The van der Waals surface area contributed by atoms with Gasteiger partial charge in [-0.2, -0.15) is 4.31 Å². The van der Waals surface area contributed by atoms with Gasteiger partial charge in [0.1, 0.15) is 0 Å². The Labute approximate surface area is 167 Å². The van der Waals surface area contributed by atoms with Crippen LogP contribution in [0.1, 0.15) is 44.9 Å². The molecule has 3 aliphatic heterocycles. The Bertz CT molecular complexity index is 782. The molecule has 7 heteroatoms. The van der Waals surface area contributed by atoms with E-state index in [1.165, 1.54) is 0 Å². The van der Waals surface area contributed by atoms with Crippen molar-refractivity contribution in [1.29, 1.82) is 0 Å². The minimum Gasteiger partial charge on any atom is -0.375 e. The van der Waals surface area contributed by atoms with Crippen molar-refractivity contribution in [3.05, 3.63) is 30.3 Å². The van der Waals surface area contributed by atoms with Crippen LogP contribution in [0.5, 0.6) is 0 Å². The number of rotatable bonds is 4. The molecule has 4 rings (SSSR count). The fraction of sp³-hybridized carbons (Fsp3) is 0.667. The molecule has 1 atom stereocenters. The van der Waals surface area contributed by atoms with Crippen LogP contribution < -0.4 is 0 Å². The summed E-state index contributed by atoms with van der Waals surface area (Å²) in [6, 6.07) is 8.63. The second-order valence-corrected chi connectivity index (χ2v) is 10.3. The minimum absolute atomic E-state index is 0.267. The number of amides is 1. The van der Waals surface area contributed by atoms with Crippen molar-refractivity contribution >= 4 is 15.9 Å². The van der Waals surface area contributed by atoms with Gasteiger partial charge in [0.05, 0.1) is 10.5 Å². The van der Waals surface area contributed by atoms with Gasteiger partial charge in [-0.05, 0) is 56.6 Å². The first kappa shape index (κ1) is 19.9. The van der Waals surface area contributed by atoms with Crippen LogP contribution in [0, 0.1) is 5.92 Å². The fourth-order valence-corrected chi connectivity index (χ4v) is 6.33.